The van der Waals surface area contributed by atoms with E-state index in [-0.39, 0.29) is 28.6 Å². The van der Waals surface area contributed by atoms with Crippen LogP contribution in [-0.4, -0.2) is 62.6 Å². The third kappa shape index (κ3) is 5.19. The molecule has 6 nitrogen and oxygen atoms in total. The van der Waals surface area contributed by atoms with E-state index in [0.29, 0.717) is 36.0 Å². The highest BCUT2D eigenvalue weighted by atomic mass is 35.5. The normalized spacial score (nSPS) is 22.3. The maximum Gasteiger partial charge on any atom is 0.416 e. The molecule has 0 aliphatic carbocycles. The molecule has 2 aliphatic rings. The maximum absolute atomic E-state index is 14.8. The lowest BCUT2D eigenvalue weighted by Gasteiger charge is -2.37. The number of likely N-dealkylation sites (tertiary alicyclic amines) is 1. The summed E-state index contributed by atoms with van der Waals surface area (Å²) in [5.74, 6) is -0.518. The first-order chi connectivity index (χ1) is 18.0. The number of fused-ring (bicyclic) bond motifs is 1. The molecule has 3 aromatic rings. The van der Waals surface area contributed by atoms with E-state index in [1.807, 2.05) is 11.8 Å². The van der Waals surface area contributed by atoms with Gasteiger partial charge < -0.3 is 4.90 Å². The SMILES string of the molecule is CCN1CC[C@@H](N2C(=O)SC(=Cc3ccc4c(cnn4Cc4ccc(Cl)cc4C(F)(F)F)c3)C2=O)[C@H](F)C1. The smallest absolute Gasteiger partial charge is 0.301 e. The van der Waals surface area contributed by atoms with Gasteiger partial charge >= 0.3 is 6.18 Å². The third-order valence-corrected chi connectivity index (χ3v) is 7.97. The zero-order valence-corrected chi connectivity index (χ0v) is 21.8. The lowest BCUT2D eigenvalue weighted by molar-refractivity contribution is -0.138. The molecule has 2 saturated heterocycles. The van der Waals surface area contributed by atoms with Crippen molar-refractivity contribution in [2.45, 2.75) is 38.3 Å². The highest BCUT2D eigenvalue weighted by Crippen LogP contribution is 2.37. The molecule has 0 spiro atoms. The number of piperidine rings is 1. The molecule has 3 heterocycles. The maximum atomic E-state index is 14.8. The number of nitrogens with zero attached hydrogens (tertiary/aromatic N) is 4. The van der Waals surface area contributed by atoms with Crippen molar-refractivity contribution in [3.63, 3.8) is 0 Å². The van der Waals surface area contributed by atoms with Gasteiger partial charge in [-0.2, -0.15) is 18.3 Å². The molecule has 2 fully saturated rings. The lowest BCUT2D eigenvalue weighted by atomic mass is 10.0. The summed E-state index contributed by atoms with van der Waals surface area (Å²) in [5.41, 5.74) is 0.418. The standard InChI is InChI=1S/C26H23ClF4N4O2S/c1-2-33-8-7-22(20(28)14-33)35-24(36)23(38-25(35)37)10-15-3-6-21-17(9-15)12-32-34(21)13-16-4-5-18(27)11-19(16)26(29,30)31/h3-6,9-12,20,22H,2,7-8,13-14H2,1H3/t20-,22-/m1/s1. The van der Waals surface area contributed by atoms with E-state index < -0.39 is 35.1 Å². The highest BCUT2D eigenvalue weighted by Gasteiger charge is 2.44. The van der Waals surface area contributed by atoms with Crippen LogP contribution < -0.4 is 0 Å². The number of aromatic nitrogens is 2. The van der Waals surface area contributed by atoms with E-state index >= 15 is 0 Å². The van der Waals surface area contributed by atoms with Crippen LogP contribution in [0.2, 0.25) is 5.02 Å². The molecular weight excluding hydrogens is 544 g/mol. The van der Waals surface area contributed by atoms with Crippen LogP contribution in [0, 0.1) is 0 Å². The number of imide groups is 1. The molecule has 2 atom stereocenters. The zero-order chi connectivity index (χ0) is 27.2. The number of hydrogen-bond donors (Lipinski definition) is 0. The van der Waals surface area contributed by atoms with Crippen LogP contribution in [0.4, 0.5) is 22.4 Å². The summed E-state index contributed by atoms with van der Waals surface area (Å²) in [5, 5.41) is 4.40. The van der Waals surface area contributed by atoms with Gasteiger partial charge in [0.25, 0.3) is 11.1 Å². The van der Waals surface area contributed by atoms with E-state index in [0.717, 1.165) is 22.7 Å². The van der Waals surface area contributed by atoms with Gasteiger partial charge in [-0.15, -0.1) is 0 Å². The fraction of sp³-hybridized carbons (Fsp3) is 0.346. The fourth-order valence-electron chi connectivity index (χ4n) is 4.88. The van der Waals surface area contributed by atoms with Crippen LogP contribution in [0.5, 0.6) is 0 Å². The van der Waals surface area contributed by atoms with Crippen molar-refractivity contribution >= 4 is 51.5 Å². The number of amides is 2. The van der Waals surface area contributed by atoms with Crippen molar-refractivity contribution in [2.24, 2.45) is 0 Å². The molecule has 5 rings (SSSR count). The number of hydrogen-bond acceptors (Lipinski definition) is 5. The Balaban J connectivity index is 1.37. The summed E-state index contributed by atoms with van der Waals surface area (Å²) in [7, 11) is 0. The van der Waals surface area contributed by atoms with Crippen LogP contribution in [0.3, 0.4) is 0 Å². The minimum absolute atomic E-state index is 0.00564. The van der Waals surface area contributed by atoms with E-state index in [1.54, 1.807) is 24.3 Å². The Hall–Kier alpha value is -2.89. The first kappa shape index (κ1) is 26.7. The molecule has 2 amide bonds. The topological polar surface area (TPSA) is 58.4 Å². The van der Waals surface area contributed by atoms with Gasteiger partial charge in [-0.3, -0.25) is 19.2 Å². The van der Waals surface area contributed by atoms with Crippen molar-refractivity contribution in [3.05, 3.63) is 69.2 Å². The molecule has 0 bridgehead atoms. The second kappa shape index (κ2) is 10.3. The quantitative estimate of drug-likeness (QED) is 0.271. The third-order valence-electron chi connectivity index (χ3n) is 6.85. The number of carbonyl (C=O) groups is 2. The Morgan fingerprint density at radius 1 is 1.18 bits per heavy atom. The van der Waals surface area contributed by atoms with Crippen LogP contribution in [0.25, 0.3) is 17.0 Å². The minimum Gasteiger partial charge on any atom is -0.301 e. The van der Waals surface area contributed by atoms with Crippen molar-refractivity contribution in [2.75, 3.05) is 19.6 Å². The summed E-state index contributed by atoms with van der Waals surface area (Å²) in [6.45, 7) is 3.33. The molecule has 1 aromatic heterocycles. The second-order valence-corrected chi connectivity index (χ2v) is 10.7. The molecule has 2 aromatic carbocycles. The molecular formula is C26H23ClF4N4O2S. The fourth-order valence-corrected chi connectivity index (χ4v) is 5.94. The summed E-state index contributed by atoms with van der Waals surface area (Å²) >= 11 is 6.56. The van der Waals surface area contributed by atoms with Gasteiger partial charge in [-0.25, -0.2) is 4.39 Å². The summed E-state index contributed by atoms with van der Waals surface area (Å²) in [6, 6.07) is 7.96. The predicted octanol–water partition coefficient (Wildman–Crippen LogP) is 6.23. The lowest BCUT2D eigenvalue weighted by Crippen LogP contribution is -2.53. The zero-order valence-electron chi connectivity index (χ0n) is 20.2. The van der Waals surface area contributed by atoms with Crippen LogP contribution >= 0.6 is 23.4 Å². The molecule has 0 N–H and O–H groups in total. The molecule has 38 heavy (non-hydrogen) atoms. The minimum atomic E-state index is -4.56. The van der Waals surface area contributed by atoms with Gasteiger partial charge in [-0.1, -0.05) is 30.7 Å². The highest BCUT2D eigenvalue weighted by molar-refractivity contribution is 8.18. The molecule has 12 heteroatoms. The Morgan fingerprint density at radius 2 is 1.97 bits per heavy atom. The molecule has 2 aliphatic heterocycles. The Labute approximate surface area is 225 Å². The second-order valence-electron chi connectivity index (χ2n) is 9.24. The predicted molar refractivity (Wildman–Crippen MR) is 139 cm³/mol. The van der Waals surface area contributed by atoms with E-state index in [1.165, 1.54) is 23.0 Å². The summed E-state index contributed by atoms with van der Waals surface area (Å²) < 4.78 is 56.8. The molecule has 200 valence electrons. The largest absolute Gasteiger partial charge is 0.416 e. The van der Waals surface area contributed by atoms with Crippen molar-refractivity contribution in [1.82, 2.24) is 19.6 Å². The van der Waals surface area contributed by atoms with Gasteiger partial charge in [0.2, 0.25) is 0 Å². The van der Waals surface area contributed by atoms with Crippen LogP contribution in [-0.2, 0) is 17.5 Å². The Bertz CT molecular complexity index is 1440. The van der Waals surface area contributed by atoms with Crippen molar-refractivity contribution in [1.29, 1.82) is 0 Å². The number of thioether (sulfide) groups is 1. The van der Waals surface area contributed by atoms with Gasteiger partial charge in [-0.05, 0) is 66.2 Å². The van der Waals surface area contributed by atoms with Gasteiger partial charge in [0, 0.05) is 23.5 Å². The molecule has 0 saturated carbocycles. The average Bonchev–Trinajstić information content (AvgIpc) is 3.38. The number of carbonyl (C=O) groups excluding carboxylic acids is 2. The first-order valence-electron chi connectivity index (χ1n) is 12.0. The summed E-state index contributed by atoms with van der Waals surface area (Å²) in [6.07, 6.45) is -2.39. The average molecular weight is 567 g/mol. The molecule has 0 radical (unpaired) electrons. The van der Waals surface area contributed by atoms with Crippen LogP contribution in [0.1, 0.15) is 30.0 Å². The van der Waals surface area contributed by atoms with Gasteiger partial charge in [0.1, 0.15) is 6.17 Å². The van der Waals surface area contributed by atoms with E-state index in [2.05, 4.69) is 5.10 Å². The first-order valence-corrected chi connectivity index (χ1v) is 13.2. The summed E-state index contributed by atoms with van der Waals surface area (Å²) in [4.78, 5) is 28.9. The number of halogens is 5. The van der Waals surface area contributed by atoms with Gasteiger partial charge in [0.05, 0.1) is 34.8 Å². The molecule has 0 unspecified atom stereocenters. The van der Waals surface area contributed by atoms with Crippen molar-refractivity contribution < 1.29 is 27.2 Å². The van der Waals surface area contributed by atoms with Crippen molar-refractivity contribution in [3.8, 4) is 0 Å². The number of benzene rings is 2. The Kier molecular flexibility index (Phi) is 7.27. The monoisotopic (exact) mass is 566 g/mol. The number of alkyl halides is 4. The van der Waals surface area contributed by atoms with Crippen LogP contribution in [0.15, 0.2) is 47.5 Å². The Morgan fingerprint density at radius 3 is 2.68 bits per heavy atom. The van der Waals surface area contributed by atoms with E-state index in [4.69, 9.17) is 11.6 Å². The van der Waals surface area contributed by atoms with Gasteiger partial charge in [0.15, 0.2) is 0 Å². The number of rotatable bonds is 5. The van der Waals surface area contributed by atoms with E-state index in [9.17, 15) is 27.2 Å².